The molecule has 0 aliphatic heterocycles. The first kappa shape index (κ1) is 14.3. The third-order valence-corrected chi connectivity index (χ3v) is 4.03. The van der Waals surface area contributed by atoms with Gasteiger partial charge in [-0.2, -0.15) is 0 Å². The number of aryl methyl sites for hydroxylation is 1. The highest BCUT2D eigenvalue weighted by Gasteiger charge is 2.10. The smallest absolute Gasteiger partial charge is 0.175 e. The lowest BCUT2D eigenvalue weighted by Crippen LogP contribution is -2.02. The number of nitrogens with one attached hydrogen (secondary N) is 1. The van der Waals surface area contributed by atoms with Crippen molar-refractivity contribution in [2.24, 2.45) is 0 Å². The van der Waals surface area contributed by atoms with E-state index in [0.29, 0.717) is 11.4 Å². The van der Waals surface area contributed by atoms with Crippen LogP contribution in [0.5, 0.6) is 0 Å². The van der Waals surface area contributed by atoms with Crippen LogP contribution in [0.1, 0.15) is 5.56 Å². The number of benzene rings is 2. The normalized spacial score (nSPS) is 11.3. The van der Waals surface area contributed by atoms with Crippen LogP contribution in [0.4, 0.5) is 21.5 Å². The Morgan fingerprint density at radius 3 is 2.40 bits per heavy atom. The summed E-state index contributed by atoms with van der Waals surface area (Å²) in [4.78, 5) is 0.150. The van der Waals surface area contributed by atoms with E-state index in [2.05, 4.69) is 5.32 Å². The van der Waals surface area contributed by atoms with E-state index in [4.69, 9.17) is 5.73 Å². The van der Waals surface area contributed by atoms with Crippen molar-refractivity contribution in [1.29, 1.82) is 0 Å². The average molecular weight is 294 g/mol. The first-order chi connectivity index (χ1) is 9.27. The number of nitrogen functional groups attached to an aromatic ring is 1. The molecule has 0 aliphatic carbocycles. The minimum atomic E-state index is -3.30. The third-order valence-electron chi connectivity index (χ3n) is 2.92. The Hall–Kier alpha value is -2.08. The van der Waals surface area contributed by atoms with E-state index >= 15 is 0 Å². The maximum Gasteiger partial charge on any atom is 0.175 e. The van der Waals surface area contributed by atoms with Crippen molar-refractivity contribution in [3.63, 3.8) is 0 Å². The van der Waals surface area contributed by atoms with Crippen LogP contribution in [0.15, 0.2) is 41.3 Å². The molecule has 4 nitrogen and oxygen atoms in total. The lowest BCUT2D eigenvalue weighted by atomic mass is 10.2. The molecule has 20 heavy (non-hydrogen) atoms. The van der Waals surface area contributed by atoms with Crippen molar-refractivity contribution in [3.05, 3.63) is 47.8 Å². The molecule has 6 heteroatoms. The Kier molecular flexibility index (Phi) is 3.67. The molecule has 0 spiro atoms. The average Bonchev–Trinajstić information content (AvgIpc) is 2.35. The van der Waals surface area contributed by atoms with E-state index in [1.807, 2.05) is 6.92 Å². The SMILES string of the molecule is Cc1ccc(F)cc1Nc1ccc(S(C)(=O)=O)cc1N. The summed E-state index contributed by atoms with van der Waals surface area (Å²) < 4.78 is 36.1. The van der Waals surface area contributed by atoms with Gasteiger partial charge >= 0.3 is 0 Å². The standard InChI is InChI=1S/C14H15FN2O2S/c1-9-3-4-10(15)7-14(9)17-13-6-5-11(8-12(13)16)20(2,18)19/h3-8,17H,16H2,1-2H3. The van der Waals surface area contributed by atoms with E-state index in [0.717, 1.165) is 11.8 Å². The topological polar surface area (TPSA) is 72.2 Å². The van der Waals surface area contributed by atoms with Crippen molar-refractivity contribution in [2.75, 3.05) is 17.3 Å². The van der Waals surface area contributed by atoms with Crippen LogP contribution in [0.25, 0.3) is 0 Å². The summed E-state index contributed by atoms with van der Waals surface area (Å²) in [6, 6.07) is 8.79. The van der Waals surface area contributed by atoms with Gasteiger partial charge in [0.2, 0.25) is 0 Å². The first-order valence-electron chi connectivity index (χ1n) is 5.90. The monoisotopic (exact) mass is 294 g/mol. The quantitative estimate of drug-likeness (QED) is 0.854. The fourth-order valence-electron chi connectivity index (χ4n) is 1.76. The van der Waals surface area contributed by atoms with Gasteiger partial charge in [-0.25, -0.2) is 12.8 Å². The zero-order valence-corrected chi connectivity index (χ0v) is 12.0. The number of sulfone groups is 1. The second-order valence-electron chi connectivity index (χ2n) is 4.61. The molecular formula is C14H15FN2O2S. The summed E-state index contributed by atoms with van der Waals surface area (Å²) in [5.41, 5.74) is 8.10. The van der Waals surface area contributed by atoms with Crippen molar-refractivity contribution in [2.45, 2.75) is 11.8 Å². The molecule has 2 rings (SSSR count). The van der Waals surface area contributed by atoms with E-state index in [9.17, 15) is 12.8 Å². The molecule has 0 aromatic heterocycles. The molecule has 0 aliphatic rings. The first-order valence-corrected chi connectivity index (χ1v) is 7.79. The Balaban J connectivity index is 2.38. The zero-order chi connectivity index (χ0) is 14.9. The van der Waals surface area contributed by atoms with Crippen LogP contribution in [0, 0.1) is 12.7 Å². The molecule has 2 aromatic rings. The van der Waals surface area contributed by atoms with E-state index in [-0.39, 0.29) is 16.4 Å². The van der Waals surface area contributed by atoms with Crippen LogP contribution in [0.2, 0.25) is 0 Å². The number of hydrogen-bond donors (Lipinski definition) is 2. The molecule has 2 aromatic carbocycles. The molecule has 0 radical (unpaired) electrons. The van der Waals surface area contributed by atoms with Crippen LogP contribution in [0.3, 0.4) is 0 Å². The summed E-state index contributed by atoms with van der Waals surface area (Å²) in [5, 5.41) is 3.00. The maximum absolute atomic E-state index is 13.2. The number of halogens is 1. The van der Waals surface area contributed by atoms with E-state index < -0.39 is 9.84 Å². The molecule has 0 bridgehead atoms. The summed E-state index contributed by atoms with van der Waals surface area (Å²) in [6.07, 6.45) is 1.12. The van der Waals surface area contributed by atoms with Gasteiger partial charge in [-0.1, -0.05) is 6.07 Å². The second-order valence-corrected chi connectivity index (χ2v) is 6.62. The predicted octanol–water partition coefficient (Wildman–Crippen LogP) is 2.86. The predicted molar refractivity (Wildman–Crippen MR) is 78.4 cm³/mol. The van der Waals surface area contributed by atoms with Crippen molar-refractivity contribution in [1.82, 2.24) is 0 Å². The third kappa shape index (κ3) is 3.08. The van der Waals surface area contributed by atoms with Gasteiger partial charge in [-0.3, -0.25) is 0 Å². The van der Waals surface area contributed by atoms with Crippen LogP contribution in [-0.4, -0.2) is 14.7 Å². The van der Waals surface area contributed by atoms with Gasteiger partial charge in [0.15, 0.2) is 9.84 Å². The minimum absolute atomic E-state index is 0.150. The van der Waals surface area contributed by atoms with Gasteiger partial charge in [-0.05, 0) is 42.8 Å². The van der Waals surface area contributed by atoms with Gasteiger partial charge in [0.05, 0.1) is 16.3 Å². The Bertz CT molecular complexity index is 758. The van der Waals surface area contributed by atoms with Crippen LogP contribution < -0.4 is 11.1 Å². The molecule has 0 amide bonds. The molecule has 0 unspecified atom stereocenters. The summed E-state index contributed by atoms with van der Waals surface area (Å²) >= 11 is 0. The highest BCUT2D eigenvalue weighted by molar-refractivity contribution is 7.90. The van der Waals surface area contributed by atoms with Crippen molar-refractivity contribution in [3.8, 4) is 0 Å². The molecule has 3 N–H and O–H groups in total. The Labute approximate surface area is 117 Å². The molecule has 0 atom stereocenters. The fraction of sp³-hybridized carbons (Fsp3) is 0.143. The minimum Gasteiger partial charge on any atom is -0.397 e. The molecule has 0 saturated carbocycles. The number of rotatable bonds is 3. The van der Waals surface area contributed by atoms with Crippen molar-refractivity contribution < 1.29 is 12.8 Å². The highest BCUT2D eigenvalue weighted by Crippen LogP contribution is 2.27. The summed E-state index contributed by atoms with van der Waals surface area (Å²) in [7, 11) is -3.30. The highest BCUT2D eigenvalue weighted by atomic mass is 32.2. The Morgan fingerprint density at radius 2 is 1.80 bits per heavy atom. The lowest BCUT2D eigenvalue weighted by Gasteiger charge is -2.12. The number of anilines is 3. The van der Waals surface area contributed by atoms with Gasteiger partial charge in [-0.15, -0.1) is 0 Å². The van der Waals surface area contributed by atoms with Gasteiger partial charge < -0.3 is 11.1 Å². The summed E-state index contributed by atoms with van der Waals surface area (Å²) in [6.45, 7) is 1.84. The molecule has 0 saturated heterocycles. The Morgan fingerprint density at radius 1 is 1.10 bits per heavy atom. The summed E-state index contributed by atoms with van der Waals surface area (Å²) in [5.74, 6) is -0.357. The fourth-order valence-corrected chi connectivity index (χ4v) is 2.42. The number of nitrogens with two attached hydrogens (primary N) is 1. The number of hydrogen-bond acceptors (Lipinski definition) is 4. The van der Waals surface area contributed by atoms with Gasteiger partial charge in [0.1, 0.15) is 5.82 Å². The second kappa shape index (κ2) is 5.13. The van der Waals surface area contributed by atoms with E-state index in [1.54, 1.807) is 12.1 Å². The van der Waals surface area contributed by atoms with Gasteiger partial charge in [0.25, 0.3) is 0 Å². The molecule has 106 valence electrons. The van der Waals surface area contributed by atoms with E-state index in [1.165, 1.54) is 24.3 Å². The molecule has 0 fully saturated rings. The molecular weight excluding hydrogens is 279 g/mol. The van der Waals surface area contributed by atoms with Crippen molar-refractivity contribution >= 4 is 26.9 Å². The zero-order valence-electron chi connectivity index (χ0n) is 11.1. The largest absolute Gasteiger partial charge is 0.397 e. The maximum atomic E-state index is 13.2. The van der Waals surface area contributed by atoms with Crippen LogP contribution in [-0.2, 0) is 9.84 Å². The molecule has 0 heterocycles. The van der Waals surface area contributed by atoms with Crippen LogP contribution >= 0.6 is 0 Å². The van der Waals surface area contributed by atoms with Gasteiger partial charge in [0, 0.05) is 11.9 Å². The lowest BCUT2D eigenvalue weighted by molar-refractivity contribution is 0.602.